The molecule has 3 rings (SSSR count). The third-order valence-corrected chi connectivity index (χ3v) is 8.42. The van der Waals surface area contributed by atoms with Crippen LogP contribution in [-0.2, 0) is 19.6 Å². The Morgan fingerprint density at radius 3 is 2.36 bits per heavy atom. The van der Waals surface area contributed by atoms with Crippen LogP contribution in [0.5, 0.6) is 11.5 Å². The molecular formula is C21H29N3O8S. The molecule has 12 heteroatoms. The van der Waals surface area contributed by atoms with Crippen LogP contribution >= 0.6 is 0 Å². The number of piperazine rings is 1. The highest BCUT2D eigenvalue weighted by atomic mass is 32.2. The van der Waals surface area contributed by atoms with E-state index < -0.39 is 26.8 Å². The number of nitrogens with zero attached hydrogens (tertiary/aromatic N) is 3. The van der Waals surface area contributed by atoms with E-state index in [-0.39, 0.29) is 68.1 Å². The van der Waals surface area contributed by atoms with Crippen LogP contribution in [0.4, 0.5) is 0 Å². The lowest BCUT2D eigenvalue weighted by Crippen LogP contribution is -2.51. The van der Waals surface area contributed by atoms with Crippen molar-refractivity contribution in [1.29, 1.82) is 0 Å². The second-order valence-electron chi connectivity index (χ2n) is 8.44. The molecule has 3 atom stereocenters. The third-order valence-electron chi connectivity index (χ3n) is 6.52. The Kier molecular flexibility index (Phi) is 7.58. The Hall–Kier alpha value is -2.73. The molecule has 1 heterocycles. The summed E-state index contributed by atoms with van der Waals surface area (Å²) in [7, 11) is -0.917. The zero-order chi connectivity index (χ0) is 24.3. The van der Waals surface area contributed by atoms with Crippen LogP contribution in [0.15, 0.2) is 23.1 Å². The first-order chi connectivity index (χ1) is 15.6. The Balaban J connectivity index is 1.64. The maximum Gasteiger partial charge on any atom is 0.243 e. The van der Waals surface area contributed by atoms with Crippen molar-refractivity contribution in [1.82, 2.24) is 9.21 Å². The average molecular weight is 484 g/mol. The number of amides is 1. The minimum atomic E-state index is -3.80. The maximum absolute atomic E-state index is 13.1. The minimum absolute atomic E-state index is 0.0630. The van der Waals surface area contributed by atoms with Gasteiger partial charge in [-0.3, -0.25) is 19.7 Å². The van der Waals surface area contributed by atoms with Crippen molar-refractivity contribution in [2.24, 2.45) is 17.8 Å². The van der Waals surface area contributed by atoms with E-state index in [9.17, 15) is 28.1 Å². The Bertz CT molecular complexity index is 1020. The van der Waals surface area contributed by atoms with Crippen LogP contribution in [0.3, 0.4) is 0 Å². The van der Waals surface area contributed by atoms with Crippen LogP contribution < -0.4 is 9.47 Å². The number of ketones is 1. The van der Waals surface area contributed by atoms with E-state index >= 15 is 0 Å². The number of rotatable bonds is 8. The molecule has 1 aliphatic carbocycles. The predicted octanol–water partition coefficient (Wildman–Crippen LogP) is 1.04. The Morgan fingerprint density at radius 1 is 1.15 bits per heavy atom. The molecule has 1 aliphatic heterocycles. The van der Waals surface area contributed by atoms with E-state index in [0.717, 1.165) is 0 Å². The summed E-state index contributed by atoms with van der Waals surface area (Å²) in [5, 5.41) is 11.0. The number of hydrogen-bond acceptors (Lipinski definition) is 8. The third kappa shape index (κ3) is 5.27. The second-order valence-corrected chi connectivity index (χ2v) is 10.4. The lowest BCUT2D eigenvalue weighted by Gasteiger charge is -2.34. The van der Waals surface area contributed by atoms with E-state index in [1.807, 2.05) is 0 Å². The first-order valence-electron chi connectivity index (χ1n) is 10.7. The fourth-order valence-electron chi connectivity index (χ4n) is 4.62. The van der Waals surface area contributed by atoms with Crippen LogP contribution in [0.1, 0.15) is 19.8 Å². The van der Waals surface area contributed by atoms with Crippen molar-refractivity contribution >= 4 is 21.7 Å². The Labute approximate surface area is 192 Å². The van der Waals surface area contributed by atoms with E-state index in [1.54, 1.807) is 6.92 Å². The molecule has 182 valence electrons. The van der Waals surface area contributed by atoms with Gasteiger partial charge in [-0.05, 0) is 18.1 Å². The van der Waals surface area contributed by atoms with Crippen LogP contribution in [0.25, 0.3) is 0 Å². The van der Waals surface area contributed by atoms with Gasteiger partial charge < -0.3 is 14.4 Å². The summed E-state index contributed by atoms with van der Waals surface area (Å²) >= 11 is 0. The number of carbonyl (C=O) groups excluding carboxylic acids is 2. The molecule has 1 amide bonds. The molecule has 1 aromatic carbocycles. The summed E-state index contributed by atoms with van der Waals surface area (Å²) < 4.78 is 37.7. The fourth-order valence-corrected chi connectivity index (χ4v) is 6.06. The van der Waals surface area contributed by atoms with Crippen molar-refractivity contribution in [3.8, 4) is 11.5 Å². The summed E-state index contributed by atoms with van der Waals surface area (Å²) in [5.41, 5.74) is 0. The number of carbonyl (C=O) groups is 2. The summed E-state index contributed by atoms with van der Waals surface area (Å²) in [6.07, 6.45) is 0.165. The van der Waals surface area contributed by atoms with Crippen LogP contribution in [-0.4, -0.2) is 81.2 Å². The van der Waals surface area contributed by atoms with E-state index in [0.29, 0.717) is 11.5 Å². The molecule has 0 aromatic heterocycles. The normalized spacial score (nSPS) is 24.0. The second kappa shape index (κ2) is 10.0. The minimum Gasteiger partial charge on any atom is -0.493 e. The van der Waals surface area contributed by atoms with Gasteiger partial charge in [0.25, 0.3) is 0 Å². The van der Waals surface area contributed by atoms with Crippen molar-refractivity contribution in [3.05, 3.63) is 28.3 Å². The molecule has 1 saturated carbocycles. The summed E-state index contributed by atoms with van der Waals surface area (Å²) in [6, 6.07) is 4.36. The molecule has 1 saturated heterocycles. The summed E-state index contributed by atoms with van der Waals surface area (Å²) in [6.45, 7) is 2.05. The molecule has 0 unspecified atom stereocenters. The number of ether oxygens (including phenoxy) is 2. The molecule has 33 heavy (non-hydrogen) atoms. The molecule has 2 fully saturated rings. The van der Waals surface area contributed by atoms with Crippen molar-refractivity contribution in [2.45, 2.75) is 24.7 Å². The van der Waals surface area contributed by atoms with E-state index in [1.165, 1.54) is 41.6 Å². The molecular weight excluding hydrogens is 454 g/mol. The molecule has 1 aromatic rings. The molecule has 0 radical (unpaired) electrons. The highest BCUT2D eigenvalue weighted by molar-refractivity contribution is 7.89. The molecule has 0 N–H and O–H groups in total. The fraction of sp³-hybridized carbons (Fsp3) is 0.619. The van der Waals surface area contributed by atoms with E-state index in [2.05, 4.69) is 0 Å². The number of methoxy groups -OCH3 is 2. The largest absolute Gasteiger partial charge is 0.493 e. The lowest BCUT2D eigenvalue weighted by atomic mass is 9.87. The standard InChI is InChI=1S/C21H29N3O8S/c1-14-10-18(25)16(17(14)13-24(27)28)12-21(26)22-6-8-23(9-7-22)33(29,30)15-4-5-19(31-2)20(11-15)32-3/h4-5,11,14,16-17H,6-10,12-13H2,1-3H3/t14-,16+,17+/m1/s1. The number of sulfonamides is 1. The van der Waals surface area contributed by atoms with Gasteiger partial charge in [0, 0.05) is 61.8 Å². The zero-order valence-corrected chi connectivity index (χ0v) is 19.7. The zero-order valence-electron chi connectivity index (χ0n) is 18.9. The van der Waals surface area contributed by atoms with Gasteiger partial charge in [-0.2, -0.15) is 4.31 Å². The SMILES string of the molecule is COc1ccc(S(=O)(=O)N2CCN(C(=O)C[C@@H]3C(=O)C[C@@H](C)[C@@H]3C[N+](=O)[O-])CC2)cc1OC. The van der Waals surface area contributed by atoms with Gasteiger partial charge in [0.1, 0.15) is 5.78 Å². The predicted molar refractivity (Wildman–Crippen MR) is 117 cm³/mol. The number of hydrogen-bond donors (Lipinski definition) is 0. The average Bonchev–Trinajstić information content (AvgIpc) is 3.05. The molecule has 0 bridgehead atoms. The Morgan fingerprint density at radius 2 is 1.79 bits per heavy atom. The van der Waals surface area contributed by atoms with Crippen molar-refractivity contribution < 1.29 is 32.4 Å². The number of benzene rings is 1. The lowest BCUT2D eigenvalue weighted by molar-refractivity contribution is -0.490. The van der Waals surface area contributed by atoms with Gasteiger partial charge in [0.15, 0.2) is 11.5 Å². The summed E-state index contributed by atoms with van der Waals surface area (Å²) in [5.74, 6) is -0.930. The molecule has 0 spiro atoms. The number of Topliss-reactive ketones (excluding diaryl/α,β-unsaturated/α-hetero) is 1. The van der Waals surface area contributed by atoms with Crippen LogP contribution in [0, 0.1) is 27.9 Å². The van der Waals surface area contributed by atoms with Gasteiger partial charge in [0.05, 0.1) is 19.1 Å². The molecule has 11 nitrogen and oxygen atoms in total. The number of nitro groups is 1. The van der Waals surface area contributed by atoms with Gasteiger partial charge in [-0.15, -0.1) is 0 Å². The quantitative estimate of drug-likeness (QED) is 0.395. The van der Waals surface area contributed by atoms with Gasteiger partial charge >= 0.3 is 0 Å². The highest BCUT2D eigenvalue weighted by Crippen LogP contribution is 2.37. The van der Waals surface area contributed by atoms with Gasteiger partial charge in [0.2, 0.25) is 22.5 Å². The first-order valence-corrected chi connectivity index (χ1v) is 12.2. The van der Waals surface area contributed by atoms with Gasteiger partial charge in [-0.25, -0.2) is 8.42 Å². The topological polar surface area (TPSA) is 136 Å². The monoisotopic (exact) mass is 483 g/mol. The highest BCUT2D eigenvalue weighted by Gasteiger charge is 2.44. The van der Waals surface area contributed by atoms with Crippen molar-refractivity contribution in [3.63, 3.8) is 0 Å². The summed E-state index contributed by atoms with van der Waals surface area (Å²) in [4.78, 5) is 37.3. The first kappa shape index (κ1) is 24.9. The maximum atomic E-state index is 13.1. The molecule has 2 aliphatic rings. The smallest absolute Gasteiger partial charge is 0.243 e. The van der Waals surface area contributed by atoms with Crippen molar-refractivity contribution in [2.75, 3.05) is 46.9 Å². The van der Waals surface area contributed by atoms with E-state index in [4.69, 9.17) is 9.47 Å². The van der Waals surface area contributed by atoms with Gasteiger partial charge in [-0.1, -0.05) is 6.92 Å². The van der Waals surface area contributed by atoms with Crippen LogP contribution in [0.2, 0.25) is 0 Å².